The Bertz CT molecular complexity index is 942. The second-order valence-electron chi connectivity index (χ2n) is 5.27. The zero-order valence-electron chi connectivity index (χ0n) is 13.5. The summed E-state index contributed by atoms with van der Waals surface area (Å²) in [5.74, 6) is 0.634. The highest BCUT2D eigenvalue weighted by molar-refractivity contribution is 9.10. The first-order valence-corrected chi connectivity index (χ1v) is 9.21. The van der Waals surface area contributed by atoms with E-state index in [-0.39, 0.29) is 12.3 Å². The molecule has 0 saturated carbocycles. The highest BCUT2D eigenvalue weighted by Gasteiger charge is 2.08. The topological polar surface area (TPSA) is 43.6 Å². The summed E-state index contributed by atoms with van der Waals surface area (Å²) >= 11 is 5.02. The number of carbonyl (C=O) groups excluding carboxylic acids is 1. The number of ether oxygens (including phenoxy) is 1. The summed E-state index contributed by atoms with van der Waals surface area (Å²) < 4.78 is 9.33. The maximum absolute atomic E-state index is 12.3. The third kappa shape index (κ3) is 3.60. The lowest BCUT2D eigenvalue weighted by molar-refractivity contribution is -0.117. The van der Waals surface area contributed by atoms with Crippen molar-refractivity contribution in [1.82, 2.24) is 4.57 Å². The minimum absolute atomic E-state index is 0.145. The van der Waals surface area contributed by atoms with E-state index in [2.05, 4.69) is 38.5 Å². The van der Waals surface area contributed by atoms with Crippen LogP contribution in [0.25, 0.3) is 10.2 Å². The van der Waals surface area contributed by atoms with E-state index in [1.54, 1.807) is 7.11 Å². The molecule has 0 aliphatic carbocycles. The van der Waals surface area contributed by atoms with Gasteiger partial charge in [0.1, 0.15) is 5.75 Å². The Morgan fingerprint density at radius 2 is 2.00 bits per heavy atom. The molecule has 2 aromatic carbocycles. The molecule has 0 saturated heterocycles. The van der Waals surface area contributed by atoms with Gasteiger partial charge in [0.25, 0.3) is 5.91 Å². The van der Waals surface area contributed by atoms with Crippen LogP contribution in [0.15, 0.2) is 51.9 Å². The van der Waals surface area contributed by atoms with Crippen molar-refractivity contribution >= 4 is 43.4 Å². The maximum Gasteiger partial charge on any atom is 0.252 e. The van der Waals surface area contributed by atoms with E-state index in [0.29, 0.717) is 0 Å². The SMILES string of the molecule is CCn1c(=NC(=O)Cc2ccc(OC)cc2)sc2cc(Br)ccc21. The Morgan fingerprint density at radius 3 is 2.67 bits per heavy atom. The molecule has 124 valence electrons. The minimum atomic E-state index is -0.145. The fourth-order valence-corrected chi connectivity index (χ4v) is 4.17. The molecular formula is C18H17BrN2O2S. The number of hydrogen-bond acceptors (Lipinski definition) is 3. The van der Waals surface area contributed by atoms with Gasteiger partial charge in [0.05, 0.1) is 23.7 Å². The van der Waals surface area contributed by atoms with E-state index in [1.807, 2.05) is 36.4 Å². The van der Waals surface area contributed by atoms with Crippen LogP contribution in [-0.4, -0.2) is 17.6 Å². The lowest BCUT2D eigenvalue weighted by Gasteiger charge is -2.02. The number of methoxy groups -OCH3 is 1. The van der Waals surface area contributed by atoms with Crippen LogP contribution < -0.4 is 9.54 Å². The number of amides is 1. The highest BCUT2D eigenvalue weighted by Crippen LogP contribution is 2.22. The van der Waals surface area contributed by atoms with Crippen molar-refractivity contribution in [1.29, 1.82) is 0 Å². The van der Waals surface area contributed by atoms with Crippen molar-refractivity contribution in [3.05, 3.63) is 57.3 Å². The van der Waals surface area contributed by atoms with Crippen LogP contribution in [0.2, 0.25) is 0 Å². The Balaban J connectivity index is 1.91. The van der Waals surface area contributed by atoms with Gasteiger partial charge in [-0.2, -0.15) is 4.99 Å². The van der Waals surface area contributed by atoms with Gasteiger partial charge in [-0.05, 0) is 42.8 Å². The predicted octanol–water partition coefficient (Wildman–Crippen LogP) is 4.16. The molecule has 4 nitrogen and oxygen atoms in total. The molecular weight excluding hydrogens is 388 g/mol. The average Bonchev–Trinajstić information content (AvgIpc) is 2.91. The molecule has 0 radical (unpaired) electrons. The number of rotatable bonds is 4. The van der Waals surface area contributed by atoms with E-state index < -0.39 is 0 Å². The van der Waals surface area contributed by atoms with Gasteiger partial charge in [-0.1, -0.05) is 39.4 Å². The second-order valence-corrected chi connectivity index (χ2v) is 7.20. The largest absolute Gasteiger partial charge is 0.497 e. The van der Waals surface area contributed by atoms with Crippen LogP contribution in [0.1, 0.15) is 12.5 Å². The molecule has 6 heteroatoms. The normalized spacial score (nSPS) is 11.9. The van der Waals surface area contributed by atoms with Crippen LogP contribution in [-0.2, 0) is 17.8 Å². The highest BCUT2D eigenvalue weighted by atomic mass is 79.9. The smallest absolute Gasteiger partial charge is 0.252 e. The minimum Gasteiger partial charge on any atom is -0.497 e. The first-order chi connectivity index (χ1) is 11.6. The van der Waals surface area contributed by atoms with Crippen molar-refractivity contribution in [3.63, 3.8) is 0 Å². The van der Waals surface area contributed by atoms with Crippen LogP contribution >= 0.6 is 27.3 Å². The summed E-state index contributed by atoms with van der Waals surface area (Å²) in [5, 5.41) is 0. The molecule has 3 aromatic rings. The van der Waals surface area contributed by atoms with Crippen LogP contribution in [0.4, 0.5) is 0 Å². The first kappa shape index (κ1) is 16.9. The lowest BCUT2D eigenvalue weighted by atomic mass is 10.1. The Kier molecular flexibility index (Phi) is 5.16. The summed E-state index contributed by atoms with van der Waals surface area (Å²) in [6, 6.07) is 13.6. The van der Waals surface area contributed by atoms with Crippen molar-refractivity contribution in [2.45, 2.75) is 19.9 Å². The van der Waals surface area contributed by atoms with Gasteiger partial charge in [-0.3, -0.25) is 4.79 Å². The number of aromatic nitrogens is 1. The van der Waals surface area contributed by atoms with Crippen molar-refractivity contribution in [3.8, 4) is 5.75 Å². The molecule has 0 N–H and O–H groups in total. The van der Waals surface area contributed by atoms with Gasteiger partial charge in [0, 0.05) is 11.0 Å². The quantitative estimate of drug-likeness (QED) is 0.654. The fraction of sp³-hybridized carbons (Fsp3) is 0.222. The maximum atomic E-state index is 12.3. The molecule has 3 rings (SSSR count). The van der Waals surface area contributed by atoms with Crippen molar-refractivity contribution < 1.29 is 9.53 Å². The molecule has 0 fully saturated rings. The Labute approximate surface area is 152 Å². The van der Waals surface area contributed by atoms with E-state index in [0.717, 1.165) is 37.3 Å². The van der Waals surface area contributed by atoms with Crippen molar-refractivity contribution in [2.75, 3.05) is 7.11 Å². The van der Waals surface area contributed by atoms with E-state index in [9.17, 15) is 4.79 Å². The van der Waals surface area contributed by atoms with Crippen molar-refractivity contribution in [2.24, 2.45) is 4.99 Å². The average molecular weight is 405 g/mol. The van der Waals surface area contributed by atoms with Crippen LogP contribution in [0, 0.1) is 0 Å². The van der Waals surface area contributed by atoms with Crippen LogP contribution in [0.3, 0.4) is 0 Å². The van der Waals surface area contributed by atoms with Gasteiger partial charge < -0.3 is 9.30 Å². The number of thiazole rings is 1. The lowest BCUT2D eigenvalue weighted by Crippen LogP contribution is -2.16. The predicted molar refractivity (Wildman–Crippen MR) is 100 cm³/mol. The van der Waals surface area contributed by atoms with Gasteiger partial charge in [-0.25, -0.2) is 0 Å². The summed E-state index contributed by atoms with van der Waals surface area (Å²) in [4.78, 5) is 17.4. The van der Waals surface area contributed by atoms with E-state index in [1.165, 1.54) is 11.3 Å². The number of benzene rings is 2. The Morgan fingerprint density at radius 1 is 1.25 bits per heavy atom. The monoisotopic (exact) mass is 404 g/mol. The summed E-state index contributed by atoms with van der Waals surface area (Å²) in [5.41, 5.74) is 2.03. The van der Waals surface area contributed by atoms with Gasteiger partial charge >= 0.3 is 0 Å². The molecule has 1 amide bonds. The number of hydrogen-bond donors (Lipinski definition) is 0. The summed E-state index contributed by atoms with van der Waals surface area (Å²) in [7, 11) is 1.62. The molecule has 1 aromatic heterocycles. The molecule has 1 heterocycles. The molecule has 0 aliphatic heterocycles. The number of aryl methyl sites for hydroxylation is 1. The van der Waals surface area contributed by atoms with E-state index >= 15 is 0 Å². The standard InChI is InChI=1S/C18H17BrN2O2S/c1-3-21-15-9-6-13(19)11-16(15)24-18(21)20-17(22)10-12-4-7-14(23-2)8-5-12/h4-9,11H,3,10H2,1-2H3. The zero-order chi connectivity index (χ0) is 17.1. The number of fused-ring (bicyclic) bond motifs is 1. The number of halogens is 1. The number of nitrogens with zero attached hydrogens (tertiary/aromatic N) is 2. The molecule has 0 spiro atoms. The zero-order valence-corrected chi connectivity index (χ0v) is 15.9. The fourth-order valence-electron chi connectivity index (χ4n) is 2.50. The summed E-state index contributed by atoms with van der Waals surface area (Å²) in [6.07, 6.45) is 0.283. The molecule has 24 heavy (non-hydrogen) atoms. The van der Waals surface area contributed by atoms with E-state index in [4.69, 9.17) is 4.74 Å². The van der Waals surface area contributed by atoms with Crippen LogP contribution in [0.5, 0.6) is 5.75 Å². The Hall–Kier alpha value is -1.92. The first-order valence-electron chi connectivity index (χ1n) is 7.60. The third-order valence-electron chi connectivity index (χ3n) is 3.70. The third-order valence-corrected chi connectivity index (χ3v) is 5.23. The van der Waals surface area contributed by atoms with Gasteiger partial charge in [-0.15, -0.1) is 0 Å². The molecule has 0 bridgehead atoms. The molecule has 0 unspecified atom stereocenters. The van der Waals surface area contributed by atoms with Gasteiger partial charge in [0.2, 0.25) is 0 Å². The number of carbonyl (C=O) groups is 1. The summed E-state index contributed by atoms with van der Waals surface area (Å²) in [6.45, 7) is 2.83. The molecule has 0 atom stereocenters. The van der Waals surface area contributed by atoms with Gasteiger partial charge in [0.15, 0.2) is 4.80 Å². The second kappa shape index (κ2) is 7.32. The molecule has 0 aliphatic rings.